The summed E-state index contributed by atoms with van der Waals surface area (Å²) in [6.45, 7) is 0.604. The Hall–Kier alpha value is -3.31. The summed E-state index contributed by atoms with van der Waals surface area (Å²) in [6, 6.07) is 3.61. The molecule has 8 nitrogen and oxygen atoms in total. The van der Waals surface area contributed by atoms with Crippen LogP contribution in [0.5, 0.6) is 5.88 Å². The van der Waals surface area contributed by atoms with E-state index in [0.29, 0.717) is 25.1 Å². The first-order valence-corrected chi connectivity index (χ1v) is 9.49. The lowest BCUT2D eigenvalue weighted by Crippen LogP contribution is -2.39. The molecule has 0 unspecified atom stereocenters. The Bertz CT molecular complexity index is 1110. The first kappa shape index (κ1) is 20.9. The number of rotatable bonds is 5. The zero-order valence-corrected chi connectivity index (χ0v) is 16.4. The number of methoxy groups -OCH3 is 1. The zero-order chi connectivity index (χ0) is 22.1. The van der Waals surface area contributed by atoms with Gasteiger partial charge in [-0.25, -0.2) is 32.0 Å². The van der Waals surface area contributed by atoms with Gasteiger partial charge < -0.3 is 9.64 Å². The Kier molecular flexibility index (Phi) is 5.70. The van der Waals surface area contributed by atoms with Gasteiger partial charge in [-0.2, -0.15) is 10.1 Å². The van der Waals surface area contributed by atoms with E-state index >= 15 is 0 Å². The number of hydrogen-bond acceptors (Lipinski definition) is 6. The molecule has 0 aliphatic carbocycles. The molecule has 164 valence electrons. The van der Waals surface area contributed by atoms with E-state index in [2.05, 4.69) is 20.1 Å². The van der Waals surface area contributed by atoms with Gasteiger partial charge in [0.05, 0.1) is 12.8 Å². The van der Waals surface area contributed by atoms with E-state index in [1.807, 2.05) is 0 Å². The number of amides is 1. The average molecular weight is 438 g/mol. The number of hydrogen-bond donors (Lipinski definition) is 0. The Morgan fingerprint density at radius 2 is 1.87 bits per heavy atom. The number of carbonyl (C=O) groups is 1. The number of aromatic nitrogens is 5. The summed E-state index contributed by atoms with van der Waals surface area (Å²) in [5, 5.41) is 4.06. The predicted octanol–water partition coefficient (Wildman–Crippen LogP) is 3.42. The van der Waals surface area contributed by atoms with Gasteiger partial charge in [-0.05, 0) is 25.0 Å². The first-order chi connectivity index (χ1) is 14.9. The third kappa shape index (κ3) is 4.14. The number of nitrogens with zero attached hydrogens (tertiary/aromatic N) is 6. The van der Waals surface area contributed by atoms with Crippen molar-refractivity contribution in [1.82, 2.24) is 29.5 Å². The van der Waals surface area contributed by atoms with Crippen LogP contribution in [-0.2, 0) is 0 Å². The van der Waals surface area contributed by atoms with Gasteiger partial charge in [0.25, 0.3) is 24.5 Å². The molecule has 1 aliphatic rings. The minimum absolute atomic E-state index is 0.0247. The number of likely N-dealkylation sites (tertiary alicyclic amines) is 1. The van der Waals surface area contributed by atoms with Crippen LogP contribution in [0.4, 0.5) is 17.6 Å². The number of pyridine rings is 1. The van der Waals surface area contributed by atoms with Crippen LogP contribution >= 0.6 is 0 Å². The summed E-state index contributed by atoms with van der Waals surface area (Å²) in [6.07, 6.45) is -3.18. The molecule has 12 heteroatoms. The molecule has 0 N–H and O–H groups in total. The van der Waals surface area contributed by atoms with Crippen molar-refractivity contribution in [3.8, 4) is 5.88 Å². The van der Waals surface area contributed by atoms with E-state index in [1.165, 1.54) is 35.0 Å². The zero-order valence-electron chi connectivity index (χ0n) is 16.4. The fraction of sp³-hybridized carbons (Fsp3) is 0.421. The largest absolute Gasteiger partial charge is 0.481 e. The van der Waals surface area contributed by atoms with Crippen LogP contribution in [0.1, 0.15) is 59.1 Å². The van der Waals surface area contributed by atoms with Gasteiger partial charge in [0.1, 0.15) is 17.7 Å². The topological polar surface area (TPSA) is 85.5 Å². The molecule has 1 aliphatic heterocycles. The SMILES string of the molecule is COc1cc(C(=O)N2CCC[C@H](c3cc(C(F)F)nc4ncnn34)C2)cc(C(F)F)n1. The Balaban J connectivity index is 1.64. The van der Waals surface area contributed by atoms with Crippen molar-refractivity contribution in [2.24, 2.45) is 0 Å². The maximum absolute atomic E-state index is 13.3. The second-order valence-electron chi connectivity index (χ2n) is 7.09. The molecule has 1 atom stereocenters. The summed E-state index contributed by atoms with van der Waals surface area (Å²) >= 11 is 0. The van der Waals surface area contributed by atoms with Crippen LogP contribution < -0.4 is 4.74 Å². The maximum atomic E-state index is 13.3. The van der Waals surface area contributed by atoms with Crippen LogP contribution in [0, 0.1) is 0 Å². The lowest BCUT2D eigenvalue weighted by atomic mass is 9.93. The van der Waals surface area contributed by atoms with E-state index in [4.69, 9.17) is 4.74 Å². The standard InChI is InChI=1S/C19H18F4N6O2/c1-31-15-6-11(5-12(26-15)16(20)21)18(30)28-4-2-3-10(8-28)14-7-13(17(22)23)27-19-24-9-25-29(14)19/h5-7,9-10,16-17H,2-4,8H2,1H3/t10-/m0/s1. The average Bonchev–Trinajstić information content (AvgIpc) is 3.26. The Morgan fingerprint density at radius 1 is 1.13 bits per heavy atom. The summed E-state index contributed by atoms with van der Waals surface area (Å²) in [5.74, 6) is -0.808. The lowest BCUT2D eigenvalue weighted by molar-refractivity contribution is 0.0703. The van der Waals surface area contributed by atoms with Gasteiger partial charge in [0.2, 0.25) is 5.88 Å². The minimum Gasteiger partial charge on any atom is -0.481 e. The molecule has 0 bridgehead atoms. The van der Waals surface area contributed by atoms with E-state index in [0.717, 1.165) is 6.07 Å². The van der Waals surface area contributed by atoms with Crippen LogP contribution in [0.2, 0.25) is 0 Å². The van der Waals surface area contributed by atoms with Crippen LogP contribution in [-0.4, -0.2) is 55.6 Å². The summed E-state index contributed by atoms with van der Waals surface area (Å²) in [4.78, 5) is 25.9. The summed E-state index contributed by atoms with van der Waals surface area (Å²) < 4.78 is 59.2. The monoisotopic (exact) mass is 438 g/mol. The highest BCUT2D eigenvalue weighted by Gasteiger charge is 2.29. The van der Waals surface area contributed by atoms with E-state index in [9.17, 15) is 22.4 Å². The minimum atomic E-state index is -2.86. The molecule has 31 heavy (non-hydrogen) atoms. The number of ether oxygens (including phenoxy) is 1. The van der Waals surface area contributed by atoms with Crippen molar-refractivity contribution in [1.29, 1.82) is 0 Å². The number of carbonyl (C=O) groups excluding carboxylic acids is 1. The van der Waals surface area contributed by atoms with Crippen molar-refractivity contribution >= 4 is 11.7 Å². The van der Waals surface area contributed by atoms with Crippen molar-refractivity contribution < 1.29 is 27.1 Å². The number of alkyl halides is 4. The molecule has 1 fully saturated rings. The van der Waals surface area contributed by atoms with E-state index in [-0.39, 0.29) is 29.7 Å². The molecule has 3 aromatic rings. The normalized spacial score (nSPS) is 17.0. The molecule has 1 saturated heterocycles. The fourth-order valence-corrected chi connectivity index (χ4v) is 3.71. The quantitative estimate of drug-likeness (QED) is 0.568. The maximum Gasteiger partial charge on any atom is 0.280 e. The molecule has 4 heterocycles. The van der Waals surface area contributed by atoms with Crippen molar-refractivity contribution in [3.63, 3.8) is 0 Å². The third-order valence-electron chi connectivity index (χ3n) is 5.15. The molecule has 0 aromatic carbocycles. The highest BCUT2D eigenvalue weighted by molar-refractivity contribution is 5.94. The van der Waals surface area contributed by atoms with E-state index < -0.39 is 30.1 Å². The summed E-state index contributed by atoms with van der Waals surface area (Å²) in [5.41, 5.74) is -0.483. The van der Waals surface area contributed by atoms with Gasteiger partial charge in [-0.15, -0.1) is 0 Å². The van der Waals surface area contributed by atoms with Gasteiger partial charge >= 0.3 is 0 Å². The van der Waals surface area contributed by atoms with Crippen molar-refractivity contribution in [3.05, 3.63) is 47.2 Å². The fourth-order valence-electron chi connectivity index (χ4n) is 3.71. The van der Waals surface area contributed by atoms with E-state index in [1.54, 1.807) is 0 Å². The molecule has 1 amide bonds. The number of fused-ring (bicyclic) bond motifs is 1. The van der Waals surface area contributed by atoms with Gasteiger partial charge in [0, 0.05) is 30.6 Å². The smallest absolute Gasteiger partial charge is 0.280 e. The molecule has 0 radical (unpaired) electrons. The van der Waals surface area contributed by atoms with Crippen molar-refractivity contribution in [2.75, 3.05) is 20.2 Å². The highest BCUT2D eigenvalue weighted by Crippen LogP contribution is 2.31. The molecule has 4 rings (SSSR count). The molecular formula is C19H18F4N6O2. The molecule has 0 saturated carbocycles. The van der Waals surface area contributed by atoms with Crippen LogP contribution in [0.3, 0.4) is 0 Å². The van der Waals surface area contributed by atoms with Crippen molar-refractivity contribution in [2.45, 2.75) is 31.6 Å². The number of piperidine rings is 1. The Labute approximate surface area is 173 Å². The predicted molar refractivity (Wildman–Crippen MR) is 99.4 cm³/mol. The molecule has 0 spiro atoms. The number of halogens is 4. The van der Waals surface area contributed by atoms with Crippen LogP contribution in [0.25, 0.3) is 5.78 Å². The lowest BCUT2D eigenvalue weighted by Gasteiger charge is -2.33. The summed E-state index contributed by atoms with van der Waals surface area (Å²) in [7, 11) is 1.27. The van der Waals surface area contributed by atoms with Gasteiger partial charge in [0.15, 0.2) is 0 Å². The Morgan fingerprint density at radius 3 is 2.58 bits per heavy atom. The molecular weight excluding hydrogens is 420 g/mol. The first-order valence-electron chi connectivity index (χ1n) is 9.49. The second kappa shape index (κ2) is 8.44. The van der Waals surface area contributed by atoms with Gasteiger partial charge in [-0.3, -0.25) is 4.79 Å². The molecule has 3 aromatic heterocycles. The van der Waals surface area contributed by atoms with Crippen LogP contribution in [0.15, 0.2) is 24.5 Å². The third-order valence-corrected chi connectivity index (χ3v) is 5.15. The highest BCUT2D eigenvalue weighted by atomic mass is 19.3. The van der Waals surface area contributed by atoms with Gasteiger partial charge in [-0.1, -0.05) is 0 Å². The second-order valence-corrected chi connectivity index (χ2v) is 7.09.